The van der Waals surface area contributed by atoms with Crippen LogP contribution in [-0.4, -0.2) is 39.8 Å². The van der Waals surface area contributed by atoms with Crippen molar-refractivity contribution in [1.82, 2.24) is 0 Å². The number of phenolic OH excluding ortho intramolecular Hbond substituents is 3. The molecule has 4 rings (SSSR count). The van der Waals surface area contributed by atoms with Gasteiger partial charge in [0.2, 0.25) is 5.78 Å². The lowest BCUT2D eigenvalue weighted by Gasteiger charge is -2.22. The summed E-state index contributed by atoms with van der Waals surface area (Å²) >= 11 is 0. The summed E-state index contributed by atoms with van der Waals surface area (Å²) in [5.74, 6) is -3.38. The van der Waals surface area contributed by atoms with Crippen LogP contribution < -0.4 is 4.74 Å². The summed E-state index contributed by atoms with van der Waals surface area (Å²) in [5, 5.41) is 32.0. The highest BCUT2D eigenvalue weighted by Gasteiger charge is 2.39. The first kappa shape index (κ1) is 17.5. The number of rotatable bonds is 2. The number of ether oxygens (including phenoxy) is 1. The van der Waals surface area contributed by atoms with Gasteiger partial charge in [0.25, 0.3) is 0 Å². The zero-order valence-electron chi connectivity index (χ0n) is 14.9. The summed E-state index contributed by atoms with van der Waals surface area (Å²) in [4.78, 5) is 37.8. The molecule has 3 aromatic carbocycles. The fraction of sp³-hybridized carbons (Fsp3) is 0.0952. The molecule has 0 radical (unpaired) electrons. The summed E-state index contributed by atoms with van der Waals surface area (Å²) in [6.45, 7) is 1.26. The van der Waals surface area contributed by atoms with Crippen molar-refractivity contribution >= 4 is 28.1 Å². The molecule has 0 aromatic heterocycles. The molecule has 0 bridgehead atoms. The molecule has 0 saturated heterocycles. The average Bonchev–Trinajstić information content (AvgIpc) is 2.67. The van der Waals surface area contributed by atoms with Gasteiger partial charge >= 0.3 is 0 Å². The first-order valence-corrected chi connectivity index (χ1v) is 8.29. The highest BCUT2D eigenvalue weighted by Crippen LogP contribution is 2.48. The van der Waals surface area contributed by atoms with Crippen LogP contribution in [-0.2, 0) is 0 Å². The quantitative estimate of drug-likeness (QED) is 0.362. The summed E-state index contributed by atoms with van der Waals surface area (Å²) < 4.78 is 5.20. The predicted octanol–water partition coefficient (Wildman–Crippen LogP) is 2.94. The Hall–Kier alpha value is -3.87. The zero-order chi connectivity index (χ0) is 20.3. The summed E-state index contributed by atoms with van der Waals surface area (Å²) in [6, 6.07) is 6.87. The van der Waals surface area contributed by atoms with Crippen LogP contribution in [0.5, 0.6) is 23.0 Å². The normalized spacial score (nSPS) is 12.6. The van der Waals surface area contributed by atoms with Crippen LogP contribution in [0.25, 0.3) is 10.8 Å². The minimum Gasteiger partial charge on any atom is -0.507 e. The maximum Gasteiger partial charge on any atom is 0.202 e. The Kier molecular flexibility index (Phi) is 3.64. The largest absolute Gasteiger partial charge is 0.507 e. The Morgan fingerprint density at radius 1 is 0.929 bits per heavy atom. The van der Waals surface area contributed by atoms with Crippen LogP contribution in [0, 0.1) is 0 Å². The van der Waals surface area contributed by atoms with E-state index in [1.807, 2.05) is 0 Å². The maximum absolute atomic E-state index is 13.1. The van der Waals surface area contributed by atoms with Gasteiger partial charge in [-0.2, -0.15) is 0 Å². The molecule has 0 heterocycles. The first-order chi connectivity index (χ1) is 13.3. The molecular formula is C21H14O7. The van der Waals surface area contributed by atoms with Crippen molar-refractivity contribution in [2.24, 2.45) is 0 Å². The SMILES string of the molecule is COc1cccc2c(O)c3c(c(O)c12)C(=O)c1c(O)cc(C(C)=O)cc1C3=O. The topological polar surface area (TPSA) is 121 Å². The van der Waals surface area contributed by atoms with Gasteiger partial charge in [0.05, 0.1) is 29.2 Å². The van der Waals surface area contributed by atoms with Gasteiger partial charge in [0.1, 0.15) is 23.0 Å². The summed E-state index contributed by atoms with van der Waals surface area (Å²) in [6.07, 6.45) is 0. The Bertz CT molecular complexity index is 1240. The number of benzene rings is 3. The summed E-state index contributed by atoms with van der Waals surface area (Å²) in [5.41, 5.74) is -1.29. The molecule has 140 valence electrons. The first-order valence-electron chi connectivity index (χ1n) is 8.29. The molecule has 3 aromatic rings. The van der Waals surface area contributed by atoms with Crippen LogP contribution in [0.2, 0.25) is 0 Å². The minimum absolute atomic E-state index is 0.0482. The van der Waals surface area contributed by atoms with Crippen molar-refractivity contribution in [3.05, 3.63) is 58.1 Å². The van der Waals surface area contributed by atoms with E-state index in [0.29, 0.717) is 0 Å². The van der Waals surface area contributed by atoms with Crippen molar-refractivity contribution in [3.8, 4) is 23.0 Å². The van der Waals surface area contributed by atoms with Crippen LogP contribution in [0.4, 0.5) is 0 Å². The van der Waals surface area contributed by atoms with Gasteiger partial charge in [-0.3, -0.25) is 14.4 Å². The third-order valence-corrected chi connectivity index (χ3v) is 4.91. The lowest BCUT2D eigenvalue weighted by Crippen LogP contribution is -2.22. The highest BCUT2D eigenvalue weighted by atomic mass is 16.5. The molecule has 0 fully saturated rings. The number of aromatic hydroxyl groups is 3. The lowest BCUT2D eigenvalue weighted by atomic mass is 9.80. The maximum atomic E-state index is 13.1. The van der Waals surface area contributed by atoms with Gasteiger partial charge in [-0.1, -0.05) is 12.1 Å². The fourth-order valence-electron chi connectivity index (χ4n) is 3.59. The predicted molar refractivity (Wildman–Crippen MR) is 98.8 cm³/mol. The number of carbonyl (C=O) groups excluding carboxylic acids is 3. The van der Waals surface area contributed by atoms with Crippen LogP contribution >= 0.6 is 0 Å². The third-order valence-electron chi connectivity index (χ3n) is 4.91. The Balaban J connectivity index is 2.15. The number of phenols is 3. The summed E-state index contributed by atoms with van der Waals surface area (Å²) in [7, 11) is 1.36. The van der Waals surface area contributed by atoms with E-state index in [2.05, 4.69) is 0 Å². The second kappa shape index (κ2) is 5.82. The highest BCUT2D eigenvalue weighted by molar-refractivity contribution is 6.33. The van der Waals surface area contributed by atoms with E-state index in [-0.39, 0.29) is 38.8 Å². The molecule has 0 atom stereocenters. The van der Waals surface area contributed by atoms with Gasteiger partial charge in [0, 0.05) is 16.5 Å². The van der Waals surface area contributed by atoms with E-state index < -0.39 is 40.2 Å². The number of Topliss-reactive ketones (excluding diaryl/α,β-unsaturated/α-hetero) is 1. The average molecular weight is 378 g/mol. The van der Waals surface area contributed by atoms with Crippen molar-refractivity contribution < 1.29 is 34.4 Å². The molecule has 0 saturated carbocycles. The monoisotopic (exact) mass is 378 g/mol. The molecule has 0 unspecified atom stereocenters. The molecular weight excluding hydrogens is 364 g/mol. The van der Waals surface area contributed by atoms with Gasteiger partial charge in [0.15, 0.2) is 11.6 Å². The van der Waals surface area contributed by atoms with E-state index >= 15 is 0 Å². The number of fused-ring (bicyclic) bond motifs is 3. The standard InChI is InChI=1S/C21H14O7/c1-8(22)9-6-11-14(12(23)7-9)20(26)17-16(19(11)25)18(24)10-4-3-5-13(28-2)15(10)21(17)27/h3-7,23-24,27H,1-2H3. The number of carbonyl (C=O) groups is 3. The van der Waals surface area contributed by atoms with Crippen LogP contribution in [0.15, 0.2) is 30.3 Å². The molecule has 3 N–H and O–H groups in total. The van der Waals surface area contributed by atoms with E-state index in [9.17, 15) is 29.7 Å². The number of hydrogen-bond acceptors (Lipinski definition) is 7. The van der Waals surface area contributed by atoms with Gasteiger partial charge in [-0.05, 0) is 25.1 Å². The minimum atomic E-state index is -0.835. The second-order valence-electron chi connectivity index (χ2n) is 6.46. The number of methoxy groups -OCH3 is 1. The molecule has 0 amide bonds. The Morgan fingerprint density at radius 2 is 1.61 bits per heavy atom. The van der Waals surface area contributed by atoms with Crippen LogP contribution in [0.1, 0.15) is 49.1 Å². The molecule has 7 heteroatoms. The van der Waals surface area contributed by atoms with E-state index in [0.717, 1.165) is 6.07 Å². The van der Waals surface area contributed by atoms with E-state index in [1.165, 1.54) is 32.2 Å². The molecule has 0 spiro atoms. The molecule has 1 aliphatic rings. The lowest BCUT2D eigenvalue weighted by molar-refractivity contribution is 0.0970. The van der Waals surface area contributed by atoms with Gasteiger partial charge < -0.3 is 20.1 Å². The van der Waals surface area contributed by atoms with E-state index in [4.69, 9.17) is 4.74 Å². The van der Waals surface area contributed by atoms with Gasteiger partial charge in [-0.15, -0.1) is 0 Å². The second-order valence-corrected chi connectivity index (χ2v) is 6.46. The van der Waals surface area contributed by atoms with Crippen molar-refractivity contribution in [3.63, 3.8) is 0 Å². The molecule has 0 aliphatic heterocycles. The third kappa shape index (κ3) is 2.13. The van der Waals surface area contributed by atoms with E-state index in [1.54, 1.807) is 6.07 Å². The van der Waals surface area contributed by atoms with Crippen molar-refractivity contribution in [2.75, 3.05) is 7.11 Å². The Labute approximate surface area is 158 Å². The van der Waals surface area contributed by atoms with Crippen LogP contribution in [0.3, 0.4) is 0 Å². The number of hydrogen-bond donors (Lipinski definition) is 3. The fourth-order valence-corrected chi connectivity index (χ4v) is 3.59. The Morgan fingerprint density at radius 3 is 2.25 bits per heavy atom. The number of ketones is 3. The van der Waals surface area contributed by atoms with Crippen molar-refractivity contribution in [2.45, 2.75) is 6.92 Å². The molecule has 7 nitrogen and oxygen atoms in total. The zero-order valence-corrected chi connectivity index (χ0v) is 14.9. The van der Waals surface area contributed by atoms with Gasteiger partial charge in [-0.25, -0.2) is 0 Å². The molecule has 28 heavy (non-hydrogen) atoms. The molecule has 1 aliphatic carbocycles. The van der Waals surface area contributed by atoms with Crippen molar-refractivity contribution in [1.29, 1.82) is 0 Å². The smallest absolute Gasteiger partial charge is 0.202 e.